The number of anilines is 1. The van der Waals surface area contributed by atoms with Crippen molar-refractivity contribution < 1.29 is 9.31 Å². The van der Waals surface area contributed by atoms with Gasteiger partial charge in [0.05, 0.1) is 11.5 Å². The zero-order valence-electron chi connectivity index (χ0n) is 24.0. The van der Waals surface area contributed by atoms with E-state index in [1.54, 1.807) is 0 Å². The van der Waals surface area contributed by atoms with E-state index in [0.29, 0.717) is 0 Å². The van der Waals surface area contributed by atoms with E-state index in [0.717, 1.165) is 48.2 Å². The molecule has 0 aromatic heterocycles. The second-order valence-corrected chi connectivity index (χ2v) is 11.9. The van der Waals surface area contributed by atoms with Crippen molar-refractivity contribution in [2.45, 2.75) is 52.4 Å². The summed E-state index contributed by atoms with van der Waals surface area (Å²) < 4.78 is 17.2. The van der Waals surface area contributed by atoms with Crippen molar-refractivity contribution in [1.29, 1.82) is 0 Å². The summed E-state index contributed by atoms with van der Waals surface area (Å²) in [7, 11) is 0. The minimum atomic E-state index is -2.06. The molecule has 1 unspecified atom stereocenters. The average molecular weight is 540 g/mol. The molecule has 4 bridgehead atoms. The van der Waals surface area contributed by atoms with Gasteiger partial charge in [0.1, 0.15) is 6.54 Å². The molecular weight excluding hydrogens is 503 g/mol. The molecular formula is C36H36BN2O2-. The molecule has 2 heterocycles. The number of hydrogen-bond acceptors (Lipinski definition) is 3. The molecule has 0 N–H and O–H groups in total. The normalized spacial score (nSPS) is 18.3. The van der Waals surface area contributed by atoms with E-state index in [-0.39, 0.29) is 0 Å². The van der Waals surface area contributed by atoms with Crippen molar-refractivity contribution in [2.75, 3.05) is 17.9 Å². The summed E-state index contributed by atoms with van der Waals surface area (Å²) >= 11 is 0. The van der Waals surface area contributed by atoms with Crippen molar-refractivity contribution in [3.05, 3.63) is 95.7 Å². The summed E-state index contributed by atoms with van der Waals surface area (Å²) in [6.45, 7) is 4.23. The van der Waals surface area contributed by atoms with Crippen molar-refractivity contribution in [1.82, 2.24) is 4.49 Å². The molecule has 2 aliphatic heterocycles. The van der Waals surface area contributed by atoms with Gasteiger partial charge in [0.25, 0.3) is 0 Å². The van der Waals surface area contributed by atoms with Crippen LogP contribution >= 0.6 is 0 Å². The Hall–Kier alpha value is -4.12. The molecule has 5 heteroatoms. The molecule has 1 atom stereocenters. The van der Waals surface area contributed by atoms with Gasteiger partial charge in [0.15, 0.2) is 5.36 Å². The minimum Gasteiger partial charge on any atom is -0.603 e. The topological polar surface area (TPSA) is 24.7 Å². The number of fused-ring (bicyclic) bond motifs is 8. The van der Waals surface area contributed by atoms with Gasteiger partial charge in [-0.3, -0.25) is 0 Å². The predicted octanol–water partition coefficient (Wildman–Crippen LogP) is 8.04. The SMILES string of the molecule is CCCCCN1c2cc(c3cccc4c3c2[CH-]C=C4)O[B-]12Oc1cc(c3cccc4cccc1c43)=[N+]2CCCCC. The number of allylic oxidation sites excluding steroid dienone is 1. The fourth-order valence-corrected chi connectivity index (χ4v) is 7.51. The first kappa shape index (κ1) is 24.7. The molecule has 0 fully saturated rings. The van der Waals surface area contributed by atoms with Crippen LogP contribution < -0.4 is 24.0 Å². The van der Waals surface area contributed by atoms with Crippen molar-refractivity contribution in [3.63, 3.8) is 0 Å². The third kappa shape index (κ3) is 3.54. The Kier molecular flexibility index (Phi) is 5.70. The van der Waals surface area contributed by atoms with Crippen LogP contribution in [-0.4, -0.2) is 19.9 Å². The Morgan fingerprint density at radius 1 is 0.780 bits per heavy atom. The van der Waals surface area contributed by atoms with E-state index in [1.807, 2.05) is 0 Å². The van der Waals surface area contributed by atoms with E-state index in [2.05, 4.69) is 108 Å². The third-order valence-electron chi connectivity index (χ3n) is 9.40. The second kappa shape index (κ2) is 9.48. The highest BCUT2D eigenvalue weighted by Crippen LogP contribution is 2.48. The summed E-state index contributed by atoms with van der Waals surface area (Å²) in [5.74, 6) is 1.84. The lowest BCUT2D eigenvalue weighted by Crippen LogP contribution is -2.77. The van der Waals surface area contributed by atoms with Gasteiger partial charge in [-0.25, -0.2) is 0 Å². The molecule has 1 spiro atoms. The maximum absolute atomic E-state index is 7.34. The van der Waals surface area contributed by atoms with Gasteiger partial charge >= 0.3 is 6.82 Å². The van der Waals surface area contributed by atoms with E-state index < -0.39 is 6.82 Å². The Bertz CT molecular complexity index is 1920. The monoisotopic (exact) mass is 539 g/mol. The molecule has 0 amide bonds. The molecule has 5 aromatic carbocycles. The van der Waals surface area contributed by atoms with Crippen molar-refractivity contribution in [3.8, 4) is 11.5 Å². The van der Waals surface area contributed by atoms with E-state index >= 15 is 0 Å². The highest BCUT2D eigenvalue weighted by molar-refractivity contribution is 6.72. The first-order valence-electron chi connectivity index (χ1n) is 15.5. The standard InChI is InChI=1S/C36H36BN2O2/c1-3-5-7-21-38-31-23-33(29-19-11-15-25-13-9-17-27(31)35(25)29)40-37(38)39(22-8-6-4-2)32-24-34(41-37)30-20-12-16-26-14-10-18-28(32)36(26)30/h9-20,23-24H,3-8,21-22H2,1-2H3/q-1. The number of benzene rings is 5. The van der Waals surface area contributed by atoms with Crippen LogP contribution in [0.15, 0.2) is 72.8 Å². The summed E-state index contributed by atoms with van der Waals surface area (Å²) in [5.41, 5.74) is 3.75. The molecule has 0 radical (unpaired) electrons. The molecule has 206 valence electrons. The summed E-state index contributed by atoms with van der Waals surface area (Å²) in [6, 6.07) is 24.3. The Balaban J connectivity index is 1.44. The summed E-state index contributed by atoms with van der Waals surface area (Å²) in [5, 5.41) is 8.63. The van der Waals surface area contributed by atoms with Gasteiger partial charge in [-0.15, -0.1) is 29.7 Å². The Morgan fingerprint density at radius 2 is 1.49 bits per heavy atom. The van der Waals surface area contributed by atoms with Crippen LogP contribution in [0.5, 0.6) is 11.5 Å². The number of nitrogens with zero attached hydrogens (tertiary/aromatic N) is 2. The lowest BCUT2D eigenvalue weighted by Gasteiger charge is -2.54. The van der Waals surface area contributed by atoms with Crippen LogP contribution in [0.3, 0.4) is 0 Å². The van der Waals surface area contributed by atoms with E-state index in [1.165, 1.54) is 69.4 Å². The predicted molar refractivity (Wildman–Crippen MR) is 173 cm³/mol. The highest BCUT2D eigenvalue weighted by Gasteiger charge is 2.57. The molecule has 8 rings (SSSR count). The van der Waals surface area contributed by atoms with Crippen LogP contribution in [0.4, 0.5) is 5.69 Å². The van der Waals surface area contributed by atoms with E-state index in [9.17, 15) is 0 Å². The van der Waals surface area contributed by atoms with Gasteiger partial charge in [-0.1, -0.05) is 92.7 Å². The van der Waals surface area contributed by atoms with Crippen molar-refractivity contribution >= 4 is 50.9 Å². The van der Waals surface area contributed by atoms with Gasteiger partial charge in [0.2, 0.25) is 0 Å². The smallest absolute Gasteiger partial charge is 0.603 e. The van der Waals surface area contributed by atoms with Gasteiger partial charge in [0, 0.05) is 28.6 Å². The first-order valence-corrected chi connectivity index (χ1v) is 15.5. The van der Waals surface area contributed by atoms with Crippen LogP contribution in [0.25, 0.3) is 38.4 Å². The molecule has 41 heavy (non-hydrogen) atoms. The highest BCUT2D eigenvalue weighted by atomic mass is 16.6. The second-order valence-electron chi connectivity index (χ2n) is 11.9. The van der Waals surface area contributed by atoms with Crippen molar-refractivity contribution in [2.24, 2.45) is 0 Å². The molecule has 5 aromatic rings. The lowest BCUT2D eigenvalue weighted by molar-refractivity contribution is 0.324. The average Bonchev–Trinajstić information content (AvgIpc) is 3.00. The third-order valence-corrected chi connectivity index (χ3v) is 9.40. The maximum atomic E-state index is 7.34. The summed E-state index contributed by atoms with van der Waals surface area (Å²) in [4.78, 5) is 2.50. The number of unbranched alkanes of at least 4 members (excludes halogenated alkanes) is 4. The lowest BCUT2D eigenvalue weighted by atomic mass is 9.75. The fraction of sp³-hybridized carbons (Fsp3) is 0.278. The zero-order chi connectivity index (χ0) is 27.6. The Labute approximate surface area is 241 Å². The van der Waals surface area contributed by atoms with Gasteiger partial charge in [-0.05, 0) is 42.3 Å². The molecule has 3 aliphatic rings. The van der Waals surface area contributed by atoms with Crippen LogP contribution in [-0.2, 0) is 0 Å². The van der Waals surface area contributed by atoms with Crippen LogP contribution in [0, 0.1) is 6.42 Å². The van der Waals surface area contributed by atoms with Crippen LogP contribution in [0.2, 0.25) is 0 Å². The number of rotatable bonds is 8. The molecule has 4 nitrogen and oxygen atoms in total. The van der Waals surface area contributed by atoms with Crippen LogP contribution in [0.1, 0.15) is 63.5 Å². The molecule has 0 saturated heterocycles. The van der Waals surface area contributed by atoms with Gasteiger partial charge in [-0.2, -0.15) is 0 Å². The number of hydrogen-bond donors (Lipinski definition) is 0. The van der Waals surface area contributed by atoms with E-state index in [4.69, 9.17) is 9.31 Å². The minimum absolute atomic E-state index is 0.877. The van der Waals surface area contributed by atoms with Gasteiger partial charge < -0.3 is 18.6 Å². The largest absolute Gasteiger partial charge is 0.762 e. The summed E-state index contributed by atoms with van der Waals surface area (Å²) in [6.07, 6.45) is 13.5. The molecule has 0 saturated carbocycles. The zero-order valence-corrected chi connectivity index (χ0v) is 24.0. The molecule has 1 aliphatic carbocycles. The maximum Gasteiger partial charge on any atom is 0.762 e. The quantitative estimate of drug-likeness (QED) is 0.113. The Morgan fingerprint density at radius 3 is 2.29 bits per heavy atom. The fourth-order valence-electron chi connectivity index (χ4n) is 7.51. The first-order chi connectivity index (χ1) is 20.2.